The molecule has 0 aromatic heterocycles. The second-order valence-electron chi connectivity index (χ2n) is 6.10. The van der Waals surface area contributed by atoms with Crippen LogP contribution < -0.4 is 0 Å². The molecule has 1 saturated heterocycles. The van der Waals surface area contributed by atoms with Gasteiger partial charge in [-0.05, 0) is 50.2 Å². The van der Waals surface area contributed by atoms with Gasteiger partial charge in [-0.1, -0.05) is 24.3 Å². The van der Waals surface area contributed by atoms with Gasteiger partial charge >= 0.3 is 5.97 Å². The van der Waals surface area contributed by atoms with Crippen LogP contribution >= 0.6 is 0 Å². The highest BCUT2D eigenvalue weighted by Gasteiger charge is 2.26. The van der Waals surface area contributed by atoms with Crippen LogP contribution in [0.5, 0.6) is 0 Å². The van der Waals surface area contributed by atoms with Crippen LogP contribution in [0.2, 0.25) is 0 Å². The Morgan fingerprint density at radius 3 is 2.73 bits per heavy atom. The minimum atomic E-state index is -0.780. The molecule has 0 bridgehead atoms. The van der Waals surface area contributed by atoms with Crippen LogP contribution in [-0.2, 0) is 16.0 Å². The Morgan fingerprint density at radius 2 is 2.00 bits per heavy atom. The third-order valence-corrected chi connectivity index (χ3v) is 4.51. The van der Waals surface area contributed by atoms with E-state index in [0.717, 1.165) is 32.2 Å². The number of rotatable bonds is 6. The van der Waals surface area contributed by atoms with Gasteiger partial charge < -0.3 is 10.0 Å². The Balaban J connectivity index is 1.91. The molecule has 0 unspecified atom stereocenters. The van der Waals surface area contributed by atoms with Crippen LogP contribution in [0, 0.1) is 6.92 Å². The Hall–Kier alpha value is -1.84. The van der Waals surface area contributed by atoms with Gasteiger partial charge in [0.1, 0.15) is 0 Å². The lowest BCUT2D eigenvalue weighted by atomic mass is 9.96. The lowest BCUT2D eigenvalue weighted by Crippen LogP contribution is -2.44. The van der Waals surface area contributed by atoms with Crippen molar-refractivity contribution in [2.45, 2.75) is 57.9 Å². The average Bonchev–Trinajstić information content (AvgIpc) is 2.52. The van der Waals surface area contributed by atoms with E-state index in [1.807, 2.05) is 17.0 Å². The van der Waals surface area contributed by atoms with Gasteiger partial charge in [0.2, 0.25) is 5.91 Å². The average molecular weight is 303 g/mol. The third kappa shape index (κ3) is 4.58. The number of likely N-dealkylation sites (tertiary alicyclic amines) is 1. The maximum absolute atomic E-state index is 12.5. The lowest BCUT2D eigenvalue weighted by molar-refractivity contribution is -0.140. The number of hydrogen-bond donors (Lipinski definition) is 1. The monoisotopic (exact) mass is 303 g/mol. The maximum Gasteiger partial charge on any atom is 0.303 e. The van der Waals surface area contributed by atoms with E-state index in [9.17, 15) is 9.59 Å². The summed E-state index contributed by atoms with van der Waals surface area (Å²) >= 11 is 0. The second kappa shape index (κ2) is 7.97. The Labute approximate surface area is 132 Å². The van der Waals surface area contributed by atoms with Gasteiger partial charge in [-0.15, -0.1) is 0 Å². The summed E-state index contributed by atoms with van der Waals surface area (Å²) in [6.07, 6.45) is 5.04. The number of carboxylic acids is 1. The fourth-order valence-electron chi connectivity index (χ4n) is 3.19. The van der Waals surface area contributed by atoms with Crippen molar-refractivity contribution >= 4 is 11.9 Å². The summed E-state index contributed by atoms with van der Waals surface area (Å²) in [6.45, 7) is 2.84. The molecule has 1 fully saturated rings. The number of amides is 1. The normalized spacial score (nSPS) is 18.2. The SMILES string of the molecule is Cc1ccccc1CCC(=O)N1CCCC[C@@H]1CCC(=O)O. The van der Waals surface area contributed by atoms with Gasteiger partial charge in [-0.3, -0.25) is 9.59 Å². The number of nitrogens with zero attached hydrogens (tertiary/aromatic N) is 1. The molecule has 22 heavy (non-hydrogen) atoms. The topological polar surface area (TPSA) is 57.6 Å². The lowest BCUT2D eigenvalue weighted by Gasteiger charge is -2.36. The van der Waals surface area contributed by atoms with Crippen molar-refractivity contribution in [2.75, 3.05) is 6.54 Å². The van der Waals surface area contributed by atoms with Crippen LogP contribution in [0.1, 0.15) is 49.7 Å². The number of aryl methyl sites for hydroxylation is 2. The van der Waals surface area contributed by atoms with Gasteiger partial charge in [-0.25, -0.2) is 0 Å². The standard InChI is InChI=1S/C18H25NO3/c1-14-6-2-3-7-15(14)9-11-17(20)19-13-5-4-8-16(19)10-12-18(21)22/h2-3,6-7,16H,4-5,8-13H2,1H3,(H,21,22)/t16-/m1/s1. The number of aliphatic carboxylic acids is 1. The predicted molar refractivity (Wildman–Crippen MR) is 85.7 cm³/mol. The molecule has 1 aromatic rings. The Morgan fingerprint density at radius 1 is 1.23 bits per heavy atom. The fraction of sp³-hybridized carbons (Fsp3) is 0.556. The fourth-order valence-corrected chi connectivity index (χ4v) is 3.19. The van der Waals surface area contributed by atoms with E-state index >= 15 is 0 Å². The molecule has 1 aliphatic heterocycles. The van der Waals surface area contributed by atoms with Gasteiger partial charge in [0.25, 0.3) is 0 Å². The van der Waals surface area contributed by atoms with Gasteiger partial charge in [0, 0.05) is 25.4 Å². The number of benzene rings is 1. The second-order valence-corrected chi connectivity index (χ2v) is 6.10. The zero-order valence-electron chi connectivity index (χ0n) is 13.3. The van der Waals surface area contributed by atoms with Gasteiger partial charge in [-0.2, -0.15) is 0 Å². The highest BCUT2D eigenvalue weighted by atomic mass is 16.4. The van der Waals surface area contributed by atoms with Crippen LogP contribution in [0.15, 0.2) is 24.3 Å². The summed E-state index contributed by atoms with van der Waals surface area (Å²) in [5.41, 5.74) is 2.44. The summed E-state index contributed by atoms with van der Waals surface area (Å²) in [7, 11) is 0. The molecule has 1 N–H and O–H groups in total. The summed E-state index contributed by atoms with van der Waals surface area (Å²) in [5, 5.41) is 8.85. The van der Waals surface area contributed by atoms with Crippen LogP contribution in [0.4, 0.5) is 0 Å². The van der Waals surface area contributed by atoms with Crippen molar-refractivity contribution in [1.82, 2.24) is 4.90 Å². The van der Waals surface area contributed by atoms with E-state index in [1.54, 1.807) is 0 Å². The van der Waals surface area contributed by atoms with Crippen molar-refractivity contribution in [3.8, 4) is 0 Å². The highest BCUT2D eigenvalue weighted by Crippen LogP contribution is 2.22. The number of hydrogen-bond acceptors (Lipinski definition) is 2. The van der Waals surface area contributed by atoms with Crippen molar-refractivity contribution in [3.63, 3.8) is 0 Å². The van der Waals surface area contributed by atoms with E-state index in [0.29, 0.717) is 12.8 Å². The summed E-state index contributed by atoms with van der Waals surface area (Å²) in [5.74, 6) is -0.615. The molecule has 1 heterocycles. The molecule has 0 aliphatic carbocycles. The number of carboxylic acid groups (broad SMARTS) is 1. The Kier molecular flexibility index (Phi) is 5.99. The van der Waals surface area contributed by atoms with Crippen LogP contribution in [-0.4, -0.2) is 34.5 Å². The van der Waals surface area contributed by atoms with Crippen molar-refractivity contribution in [1.29, 1.82) is 0 Å². The van der Waals surface area contributed by atoms with E-state index in [4.69, 9.17) is 5.11 Å². The molecule has 1 atom stereocenters. The van der Waals surface area contributed by atoms with Gasteiger partial charge in [0.05, 0.1) is 0 Å². The van der Waals surface area contributed by atoms with Crippen LogP contribution in [0.25, 0.3) is 0 Å². The summed E-state index contributed by atoms with van der Waals surface area (Å²) in [4.78, 5) is 25.2. The van der Waals surface area contributed by atoms with E-state index in [2.05, 4.69) is 19.1 Å². The van der Waals surface area contributed by atoms with Gasteiger partial charge in [0.15, 0.2) is 0 Å². The first-order valence-electron chi connectivity index (χ1n) is 8.13. The zero-order chi connectivity index (χ0) is 15.9. The minimum absolute atomic E-state index is 0.106. The van der Waals surface area contributed by atoms with E-state index in [-0.39, 0.29) is 18.4 Å². The summed E-state index contributed by atoms with van der Waals surface area (Å²) < 4.78 is 0. The minimum Gasteiger partial charge on any atom is -0.481 e. The quantitative estimate of drug-likeness (QED) is 0.878. The molecule has 0 radical (unpaired) electrons. The largest absolute Gasteiger partial charge is 0.481 e. The molecule has 4 nitrogen and oxygen atoms in total. The number of carbonyl (C=O) groups is 2. The molecule has 1 aromatic carbocycles. The molecule has 0 saturated carbocycles. The summed E-state index contributed by atoms with van der Waals surface area (Å²) in [6, 6.07) is 8.25. The molecule has 1 amide bonds. The molecular weight excluding hydrogens is 278 g/mol. The third-order valence-electron chi connectivity index (χ3n) is 4.51. The van der Waals surface area contributed by atoms with Crippen molar-refractivity contribution in [3.05, 3.63) is 35.4 Å². The predicted octanol–water partition coefficient (Wildman–Crippen LogP) is 3.17. The van der Waals surface area contributed by atoms with E-state index < -0.39 is 5.97 Å². The molecule has 4 heteroatoms. The molecule has 120 valence electrons. The molecule has 1 aliphatic rings. The number of carbonyl (C=O) groups excluding carboxylic acids is 1. The first-order valence-corrected chi connectivity index (χ1v) is 8.13. The highest BCUT2D eigenvalue weighted by molar-refractivity contribution is 5.77. The first kappa shape index (κ1) is 16.5. The van der Waals surface area contributed by atoms with Crippen molar-refractivity contribution in [2.24, 2.45) is 0 Å². The van der Waals surface area contributed by atoms with E-state index in [1.165, 1.54) is 11.1 Å². The maximum atomic E-state index is 12.5. The zero-order valence-corrected chi connectivity index (χ0v) is 13.3. The molecule has 0 spiro atoms. The molecule has 2 rings (SSSR count). The smallest absolute Gasteiger partial charge is 0.303 e. The molecular formula is C18H25NO3. The first-order chi connectivity index (χ1) is 10.6. The van der Waals surface area contributed by atoms with Crippen LogP contribution in [0.3, 0.4) is 0 Å². The number of piperidine rings is 1. The van der Waals surface area contributed by atoms with Crippen molar-refractivity contribution < 1.29 is 14.7 Å². The Bertz CT molecular complexity index is 527.